The Morgan fingerprint density at radius 1 is 1.33 bits per heavy atom. The minimum atomic E-state index is -0.142. The van der Waals surface area contributed by atoms with Crippen molar-refractivity contribution in [3.63, 3.8) is 0 Å². The van der Waals surface area contributed by atoms with Crippen molar-refractivity contribution in [1.82, 2.24) is 19.9 Å². The summed E-state index contributed by atoms with van der Waals surface area (Å²) in [6.07, 6.45) is 0.780. The van der Waals surface area contributed by atoms with Crippen LogP contribution in [0.5, 0.6) is 0 Å². The molecule has 0 atom stereocenters. The molecule has 6 nitrogen and oxygen atoms in total. The van der Waals surface area contributed by atoms with E-state index in [1.54, 1.807) is 18.3 Å². The van der Waals surface area contributed by atoms with E-state index in [1.807, 2.05) is 18.4 Å². The lowest BCUT2D eigenvalue weighted by atomic mass is 10.3. The van der Waals surface area contributed by atoms with E-state index < -0.39 is 0 Å². The Morgan fingerprint density at radius 2 is 2.19 bits per heavy atom. The van der Waals surface area contributed by atoms with E-state index in [4.69, 9.17) is 0 Å². The standard InChI is InChI=1S/C14H15N5OS/c1-3-10-18-13(9-4-5-21-14(9)19-10)15-7-11-16-8(2)6-12(20)17-11/h4-6H,3,7H2,1-2H3,(H,15,18,19)(H,16,17,20). The zero-order valence-corrected chi connectivity index (χ0v) is 12.6. The van der Waals surface area contributed by atoms with Crippen molar-refractivity contribution in [3.05, 3.63) is 45.2 Å². The second kappa shape index (κ2) is 5.61. The molecular weight excluding hydrogens is 286 g/mol. The minimum absolute atomic E-state index is 0.142. The zero-order chi connectivity index (χ0) is 14.8. The van der Waals surface area contributed by atoms with Gasteiger partial charge in [0.2, 0.25) is 0 Å². The number of thiophene rings is 1. The first-order chi connectivity index (χ1) is 10.2. The third-order valence-corrected chi connectivity index (χ3v) is 3.84. The molecule has 0 unspecified atom stereocenters. The molecule has 0 bridgehead atoms. The molecule has 3 aromatic rings. The van der Waals surface area contributed by atoms with E-state index in [9.17, 15) is 4.79 Å². The van der Waals surface area contributed by atoms with Gasteiger partial charge in [0.25, 0.3) is 5.56 Å². The van der Waals surface area contributed by atoms with Crippen molar-refractivity contribution in [2.24, 2.45) is 0 Å². The normalized spacial score (nSPS) is 11.0. The smallest absolute Gasteiger partial charge is 0.251 e. The van der Waals surface area contributed by atoms with Gasteiger partial charge in [0.15, 0.2) is 0 Å². The predicted molar refractivity (Wildman–Crippen MR) is 83.7 cm³/mol. The summed E-state index contributed by atoms with van der Waals surface area (Å²) in [5.41, 5.74) is 0.560. The largest absolute Gasteiger partial charge is 0.362 e. The Morgan fingerprint density at radius 3 is 2.95 bits per heavy atom. The first-order valence-electron chi connectivity index (χ1n) is 6.70. The highest BCUT2D eigenvalue weighted by atomic mass is 32.1. The number of anilines is 1. The lowest BCUT2D eigenvalue weighted by molar-refractivity contribution is 0.894. The third-order valence-electron chi connectivity index (χ3n) is 3.03. The number of aryl methyl sites for hydroxylation is 2. The van der Waals surface area contributed by atoms with Crippen molar-refractivity contribution < 1.29 is 0 Å². The molecule has 108 valence electrons. The van der Waals surface area contributed by atoms with Crippen LogP contribution in [0, 0.1) is 6.92 Å². The van der Waals surface area contributed by atoms with Crippen LogP contribution in [0.1, 0.15) is 24.3 Å². The average Bonchev–Trinajstić information content (AvgIpc) is 2.91. The number of hydrogen-bond acceptors (Lipinski definition) is 6. The number of aromatic nitrogens is 4. The summed E-state index contributed by atoms with van der Waals surface area (Å²) in [6, 6.07) is 3.47. The van der Waals surface area contributed by atoms with Gasteiger partial charge in [-0.05, 0) is 18.4 Å². The van der Waals surface area contributed by atoms with Gasteiger partial charge >= 0.3 is 0 Å². The van der Waals surface area contributed by atoms with Gasteiger partial charge in [-0.2, -0.15) is 0 Å². The molecular formula is C14H15N5OS. The number of H-pyrrole nitrogens is 1. The molecule has 0 aliphatic carbocycles. The topological polar surface area (TPSA) is 83.6 Å². The number of rotatable bonds is 4. The van der Waals surface area contributed by atoms with Gasteiger partial charge in [0.05, 0.1) is 11.9 Å². The van der Waals surface area contributed by atoms with Crippen LogP contribution < -0.4 is 10.9 Å². The number of hydrogen-bond donors (Lipinski definition) is 2. The summed E-state index contributed by atoms with van der Waals surface area (Å²) in [4.78, 5) is 28.4. The van der Waals surface area contributed by atoms with E-state index >= 15 is 0 Å². The molecule has 0 aromatic carbocycles. The number of fused-ring (bicyclic) bond motifs is 1. The number of nitrogens with one attached hydrogen (secondary N) is 2. The van der Waals surface area contributed by atoms with Gasteiger partial charge in [0, 0.05) is 18.2 Å². The van der Waals surface area contributed by atoms with Crippen molar-refractivity contribution in [1.29, 1.82) is 0 Å². The maximum Gasteiger partial charge on any atom is 0.251 e. The van der Waals surface area contributed by atoms with E-state index in [0.717, 1.165) is 28.3 Å². The number of aromatic amines is 1. The molecule has 7 heteroatoms. The Bertz CT molecular complexity index is 839. The molecule has 0 amide bonds. The first-order valence-corrected chi connectivity index (χ1v) is 7.58. The maximum atomic E-state index is 11.4. The van der Waals surface area contributed by atoms with E-state index in [1.165, 1.54) is 6.07 Å². The van der Waals surface area contributed by atoms with Gasteiger partial charge < -0.3 is 10.3 Å². The predicted octanol–water partition coefficient (Wildman–Crippen LogP) is 2.26. The summed E-state index contributed by atoms with van der Waals surface area (Å²) in [7, 11) is 0. The lowest BCUT2D eigenvalue weighted by Gasteiger charge is -2.08. The van der Waals surface area contributed by atoms with Crippen LogP contribution in [0.15, 0.2) is 22.3 Å². The second-order valence-electron chi connectivity index (χ2n) is 4.67. The lowest BCUT2D eigenvalue weighted by Crippen LogP contribution is -2.14. The van der Waals surface area contributed by atoms with Gasteiger partial charge in [-0.15, -0.1) is 11.3 Å². The van der Waals surface area contributed by atoms with Crippen LogP contribution in [-0.4, -0.2) is 19.9 Å². The monoisotopic (exact) mass is 301 g/mol. The summed E-state index contributed by atoms with van der Waals surface area (Å²) in [5, 5.41) is 6.23. The highest BCUT2D eigenvalue weighted by Gasteiger charge is 2.08. The second-order valence-corrected chi connectivity index (χ2v) is 5.56. The molecule has 0 radical (unpaired) electrons. The summed E-state index contributed by atoms with van der Waals surface area (Å²) in [6.45, 7) is 4.25. The Labute approximate surface area is 125 Å². The van der Waals surface area contributed by atoms with Gasteiger partial charge in [-0.25, -0.2) is 15.0 Å². The van der Waals surface area contributed by atoms with E-state index in [-0.39, 0.29) is 5.56 Å². The molecule has 21 heavy (non-hydrogen) atoms. The molecule has 0 spiro atoms. The van der Waals surface area contributed by atoms with Crippen LogP contribution in [0.25, 0.3) is 10.2 Å². The molecule has 3 aromatic heterocycles. The summed E-state index contributed by atoms with van der Waals surface area (Å²) < 4.78 is 0. The maximum absolute atomic E-state index is 11.4. The van der Waals surface area contributed by atoms with Crippen LogP contribution in [-0.2, 0) is 13.0 Å². The van der Waals surface area contributed by atoms with Crippen molar-refractivity contribution in [2.45, 2.75) is 26.8 Å². The number of nitrogens with zero attached hydrogens (tertiary/aromatic N) is 3. The molecule has 3 heterocycles. The van der Waals surface area contributed by atoms with Crippen LogP contribution >= 0.6 is 11.3 Å². The van der Waals surface area contributed by atoms with Crippen molar-refractivity contribution >= 4 is 27.4 Å². The molecule has 0 fully saturated rings. The van der Waals surface area contributed by atoms with Crippen molar-refractivity contribution in [3.8, 4) is 0 Å². The van der Waals surface area contributed by atoms with Crippen molar-refractivity contribution in [2.75, 3.05) is 5.32 Å². The van der Waals surface area contributed by atoms with E-state index in [2.05, 4.69) is 25.3 Å². The fourth-order valence-electron chi connectivity index (χ4n) is 2.08. The molecule has 0 aliphatic heterocycles. The highest BCUT2D eigenvalue weighted by Crippen LogP contribution is 2.25. The van der Waals surface area contributed by atoms with Gasteiger partial charge in [-0.3, -0.25) is 4.79 Å². The first kappa shape index (κ1) is 13.7. The Balaban J connectivity index is 1.90. The SMILES string of the molecule is CCc1nc(NCc2nc(C)cc(=O)[nH]2)c2ccsc2n1. The molecule has 0 saturated carbocycles. The highest BCUT2D eigenvalue weighted by molar-refractivity contribution is 7.16. The fourth-order valence-corrected chi connectivity index (χ4v) is 2.87. The third kappa shape index (κ3) is 2.92. The average molecular weight is 301 g/mol. The molecule has 2 N–H and O–H groups in total. The Kier molecular flexibility index (Phi) is 3.66. The summed E-state index contributed by atoms with van der Waals surface area (Å²) in [5.74, 6) is 2.18. The minimum Gasteiger partial charge on any atom is -0.362 e. The fraction of sp³-hybridized carbons (Fsp3) is 0.286. The zero-order valence-electron chi connectivity index (χ0n) is 11.8. The van der Waals surface area contributed by atoms with Crippen LogP contribution in [0.2, 0.25) is 0 Å². The molecule has 3 rings (SSSR count). The summed E-state index contributed by atoms with van der Waals surface area (Å²) >= 11 is 1.59. The van der Waals surface area contributed by atoms with Crippen LogP contribution in [0.3, 0.4) is 0 Å². The quantitative estimate of drug-likeness (QED) is 0.772. The van der Waals surface area contributed by atoms with Crippen LogP contribution in [0.4, 0.5) is 5.82 Å². The van der Waals surface area contributed by atoms with E-state index in [0.29, 0.717) is 18.1 Å². The van der Waals surface area contributed by atoms with Gasteiger partial charge in [0.1, 0.15) is 22.3 Å². The van der Waals surface area contributed by atoms with Gasteiger partial charge in [-0.1, -0.05) is 6.92 Å². The molecule has 0 aliphatic rings. The Hall–Kier alpha value is -2.28. The molecule has 0 saturated heterocycles.